The number of sulfonamides is 1. The van der Waals surface area contributed by atoms with Gasteiger partial charge in [-0.15, -0.1) is 0 Å². The number of nitrogens with zero attached hydrogens (tertiary/aromatic N) is 1. The number of carbonyl (C=O) groups is 1. The van der Waals surface area contributed by atoms with Gasteiger partial charge in [-0.2, -0.15) is 4.31 Å². The van der Waals surface area contributed by atoms with Crippen molar-refractivity contribution in [1.29, 1.82) is 0 Å². The molecule has 1 amide bonds. The molecule has 7 nitrogen and oxygen atoms in total. The first-order valence-electron chi connectivity index (χ1n) is 8.98. The van der Waals surface area contributed by atoms with Crippen LogP contribution in [0.15, 0.2) is 29.8 Å². The maximum absolute atomic E-state index is 12.5. The smallest absolute Gasteiger partial charge is 0.239 e. The first-order chi connectivity index (χ1) is 12.8. The zero-order chi connectivity index (χ0) is 19.9. The normalized spacial score (nSPS) is 14.6. The number of benzene rings is 1. The summed E-state index contributed by atoms with van der Waals surface area (Å²) < 4.78 is 35.8. The predicted octanol–water partition coefficient (Wildman–Crippen LogP) is 2.79. The molecule has 0 aromatic heterocycles. The lowest BCUT2D eigenvalue weighted by atomic mass is 9.97. The zero-order valence-corrected chi connectivity index (χ0v) is 17.0. The Labute approximate surface area is 161 Å². The van der Waals surface area contributed by atoms with Crippen LogP contribution in [0, 0.1) is 0 Å². The van der Waals surface area contributed by atoms with Gasteiger partial charge in [-0.3, -0.25) is 4.79 Å². The van der Waals surface area contributed by atoms with Gasteiger partial charge in [0.1, 0.15) is 11.5 Å². The first kappa shape index (κ1) is 21.2. The van der Waals surface area contributed by atoms with Gasteiger partial charge in [-0.25, -0.2) is 8.42 Å². The number of carbonyl (C=O) groups excluding carboxylic acids is 1. The van der Waals surface area contributed by atoms with E-state index in [-0.39, 0.29) is 6.54 Å². The molecule has 2 rings (SSSR count). The highest BCUT2D eigenvalue weighted by Gasteiger charge is 2.21. The number of hydrogen-bond acceptors (Lipinski definition) is 5. The molecule has 150 valence electrons. The molecule has 0 bridgehead atoms. The Morgan fingerprint density at radius 1 is 1.22 bits per heavy atom. The Balaban J connectivity index is 2.04. The van der Waals surface area contributed by atoms with Crippen LogP contribution in [0.4, 0.5) is 5.69 Å². The molecule has 0 aliphatic heterocycles. The number of anilines is 1. The lowest BCUT2D eigenvalue weighted by molar-refractivity contribution is -0.116. The van der Waals surface area contributed by atoms with Gasteiger partial charge in [-0.1, -0.05) is 11.6 Å². The van der Waals surface area contributed by atoms with Crippen LogP contribution >= 0.6 is 0 Å². The molecular weight excluding hydrogens is 368 g/mol. The molecule has 0 saturated heterocycles. The van der Waals surface area contributed by atoms with Crippen molar-refractivity contribution in [2.45, 2.75) is 32.1 Å². The SMILES string of the molecule is COc1ccc(OC)c(NC(=O)CN(CCC2=CCCCC2)S(C)(=O)=O)c1. The summed E-state index contributed by atoms with van der Waals surface area (Å²) in [4.78, 5) is 12.5. The summed E-state index contributed by atoms with van der Waals surface area (Å²) in [5, 5.41) is 2.71. The van der Waals surface area contributed by atoms with E-state index < -0.39 is 15.9 Å². The Bertz CT molecular complexity index is 789. The molecule has 0 unspecified atom stereocenters. The lowest BCUT2D eigenvalue weighted by Crippen LogP contribution is -2.38. The topological polar surface area (TPSA) is 84.9 Å². The third kappa shape index (κ3) is 6.55. The number of hydrogen-bond donors (Lipinski definition) is 1. The average Bonchev–Trinajstić information content (AvgIpc) is 2.65. The Hall–Kier alpha value is -2.06. The van der Waals surface area contributed by atoms with E-state index >= 15 is 0 Å². The van der Waals surface area contributed by atoms with Crippen molar-refractivity contribution in [3.63, 3.8) is 0 Å². The zero-order valence-electron chi connectivity index (χ0n) is 16.2. The molecule has 0 heterocycles. The van der Waals surface area contributed by atoms with Crippen LogP contribution in [0.5, 0.6) is 11.5 Å². The first-order valence-corrected chi connectivity index (χ1v) is 10.8. The number of allylic oxidation sites excluding steroid dienone is 1. The summed E-state index contributed by atoms with van der Waals surface area (Å²) in [5.41, 5.74) is 1.70. The van der Waals surface area contributed by atoms with Gasteiger partial charge in [0.25, 0.3) is 0 Å². The van der Waals surface area contributed by atoms with E-state index in [9.17, 15) is 13.2 Å². The molecule has 27 heavy (non-hydrogen) atoms. The largest absolute Gasteiger partial charge is 0.497 e. The van der Waals surface area contributed by atoms with Crippen molar-refractivity contribution >= 4 is 21.6 Å². The molecular formula is C19H28N2O5S. The molecule has 1 N–H and O–H groups in total. The fraction of sp³-hybridized carbons (Fsp3) is 0.526. The van der Waals surface area contributed by atoms with E-state index in [1.165, 1.54) is 30.5 Å². The van der Waals surface area contributed by atoms with Crippen molar-refractivity contribution in [2.24, 2.45) is 0 Å². The van der Waals surface area contributed by atoms with Gasteiger partial charge in [0.05, 0.1) is 32.7 Å². The van der Waals surface area contributed by atoms with Crippen LogP contribution in [0.1, 0.15) is 32.1 Å². The standard InChI is InChI=1S/C19H28N2O5S/c1-25-16-9-10-18(26-2)17(13-16)20-19(22)14-21(27(3,23)24)12-11-15-7-5-4-6-8-15/h7,9-10,13H,4-6,8,11-12,14H2,1-3H3,(H,20,22). The van der Waals surface area contributed by atoms with Crippen molar-refractivity contribution in [2.75, 3.05) is 38.9 Å². The predicted molar refractivity (Wildman–Crippen MR) is 106 cm³/mol. The monoisotopic (exact) mass is 396 g/mol. The molecule has 1 aromatic carbocycles. The van der Waals surface area contributed by atoms with E-state index in [4.69, 9.17) is 9.47 Å². The number of nitrogens with one attached hydrogen (secondary N) is 1. The van der Waals surface area contributed by atoms with Crippen molar-refractivity contribution < 1.29 is 22.7 Å². The Morgan fingerprint density at radius 3 is 2.59 bits per heavy atom. The molecule has 1 aliphatic rings. The van der Waals surface area contributed by atoms with Gasteiger partial charge in [-0.05, 0) is 44.2 Å². The van der Waals surface area contributed by atoms with Gasteiger partial charge in [0.15, 0.2) is 0 Å². The fourth-order valence-electron chi connectivity index (χ4n) is 3.02. The Kier molecular flexibility index (Phi) is 7.67. The summed E-state index contributed by atoms with van der Waals surface area (Å²) in [7, 11) is -0.468. The summed E-state index contributed by atoms with van der Waals surface area (Å²) in [6.45, 7) is 0.0554. The highest BCUT2D eigenvalue weighted by atomic mass is 32.2. The van der Waals surface area contributed by atoms with Crippen LogP contribution in [-0.2, 0) is 14.8 Å². The maximum atomic E-state index is 12.5. The molecule has 1 aliphatic carbocycles. The average molecular weight is 397 g/mol. The van der Waals surface area contributed by atoms with E-state index in [1.807, 2.05) is 0 Å². The van der Waals surface area contributed by atoms with Crippen molar-refractivity contribution in [3.05, 3.63) is 29.8 Å². The summed E-state index contributed by atoms with van der Waals surface area (Å²) in [6.07, 6.45) is 8.34. The molecule has 0 fully saturated rings. The van der Waals surface area contributed by atoms with Gasteiger partial charge in [0, 0.05) is 12.6 Å². The van der Waals surface area contributed by atoms with Crippen molar-refractivity contribution in [1.82, 2.24) is 4.31 Å². The van der Waals surface area contributed by atoms with Gasteiger partial charge in [0.2, 0.25) is 15.9 Å². The lowest BCUT2D eigenvalue weighted by Gasteiger charge is -2.21. The number of amides is 1. The van der Waals surface area contributed by atoms with Crippen LogP contribution in [0.25, 0.3) is 0 Å². The minimum absolute atomic E-state index is 0.244. The summed E-state index contributed by atoms with van der Waals surface area (Å²) in [5.74, 6) is 0.613. The third-order valence-corrected chi connectivity index (χ3v) is 5.79. The molecule has 8 heteroatoms. The molecule has 0 spiro atoms. The second-order valence-electron chi connectivity index (χ2n) is 6.57. The highest BCUT2D eigenvalue weighted by molar-refractivity contribution is 7.88. The van der Waals surface area contributed by atoms with Crippen molar-refractivity contribution in [3.8, 4) is 11.5 Å². The highest BCUT2D eigenvalue weighted by Crippen LogP contribution is 2.29. The molecule has 1 aromatic rings. The van der Waals surface area contributed by atoms with Crippen LogP contribution in [0.2, 0.25) is 0 Å². The number of methoxy groups -OCH3 is 2. The van der Waals surface area contributed by atoms with E-state index in [1.54, 1.807) is 18.2 Å². The molecule has 0 radical (unpaired) electrons. The van der Waals surface area contributed by atoms with Crippen LogP contribution < -0.4 is 14.8 Å². The second kappa shape index (κ2) is 9.75. The Morgan fingerprint density at radius 2 is 2.00 bits per heavy atom. The minimum atomic E-state index is -3.49. The van der Waals surface area contributed by atoms with E-state index in [2.05, 4.69) is 11.4 Å². The van der Waals surface area contributed by atoms with Crippen LogP contribution in [-0.4, -0.2) is 52.2 Å². The van der Waals surface area contributed by atoms with Crippen LogP contribution in [0.3, 0.4) is 0 Å². The second-order valence-corrected chi connectivity index (χ2v) is 8.55. The van der Waals surface area contributed by atoms with E-state index in [0.29, 0.717) is 30.2 Å². The molecule has 0 atom stereocenters. The third-order valence-electron chi connectivity index (χ3n) is 4.54. The summed E-state index contributed by atoms with van der Waals surface area (Å²) >= 11 is 0. The van der Waals surface area contributed by atoms with E-state index in [0.717, 1.165) is 25.5 Å². The summed E-state index contributed by atoms with van der Waals surface area (Å²) in [6, 6.07) is 5.03. The number of rotatable bonds is 9. The molecule has 0 saturated carbocycles. The minimum Gasteiger partial charge on any atom is -0.497 e. The van der Waals surface area contributed by atoms with Gasteiger partial charge >= 0.3 is 0 Å². The van der Waals surface area contributed by atoms with Gasteiger partial charge < -0.3 is 14.8 Å². The maximum Gasteiger partial charge on any atom is 0.239 e. The number of ether oxygens (including phenoxy) is 2. The quantitative estimate of drug-likeness (QED) is 0.649. The fourth-order valence-corrected chi connectivity index (χ4v) is 3.80.